The van der Waals surface area contributed by atoms with Crippen LogP contribution in [0.2, 0.25) is 0 Å². The number of carboxylic acid groups (broad SMARTS) is 1. The van der Waals surface area contributed by atoms with Crippen molar-refractivity contribution in [3.63, 3.8) is 0 Å². The van der Waals surface area contributed by atoms with E-state index in [4.69, 9.17) is 0 Å². The van der Waals surface area contributed by atoms with Gasteiger partial charge in [-0.25, -0.2) is 0 Å². The molecule has 5 aliphatic rings. The molecule has 5 aliphatic carbocycles. The Morgan fingerprint density at radius 2 is 1.49 bits per heavy atom. The van der Waals surface area contributed by atoms with Crippen molar-refractivity contribution in [2.24, 2.45) is 50.2 Å². The summed E-state index contributed by atoms with van der Waals surface area (Å²) < 4.78 is 0. The van der Waals surface area contributed by atoms with E-state index in [0.29, 0.717) is 31.1 Å². The summed E-state index contributed by atoms with van der Waals surface area (Å²) in [5.41, 5.74) is -0.684. The molecule has 5 heteroatoms. The molecule has 0 amide bonds. The predicted molar refractivity (Wildman–Crippen MR) is 135 cm³/mol. The summed E-state index contributed by atoms with van der Waals surface area (Å²) in [5.74, 6) is -0.420. The van der Waals surface area contributed by atoms with E-state index in [9.17, 15) is 25.2 Å². The first-order valence-corrected chi connectivity index (χ1v) is 14.0. The third-order valence-corrected chi connectivity index (χ3v) is 13.2. The lowest BCUT2D eigenvalue weighted by Gasteiger charge is -2.71. The quantitative estimate of drug-likeness (QED) is 0.382. The highest BCUT2D eigenvalue weighted by molar-refractivity contribution is 5.77. The molecule has 3 unspecified atom stereocenters. The zero-order valence-corrected chi connectivity index (χ0v) is 22.9. The van der Waals surface area contributed by atoms with E-state index in [1.807, 2.05) is 0 Å². The SMILES string of the molecule is CC1(C)CC[C@]2(C(=O)O)CC[C@]3(C)C(=CCC4[C@@]5(C)C[C@@H](O)[C@@H](O)C(C)(C)C5CC[C@]43C)C2[C@@H]1O. The molecule has 4 fully saturated rings. The maximum absolute atomic E-state index is 12.8. The fourth-order valence-electron chi connectivity index (χ4n) is 10.7. The van der Waals surface area contributed by atoms with E-state index < -0.39 is 29.7 Å². The van der Waals surface area contributed by atoms with Gasteiger partial charge in [0.2, 0.25) is 0 Å². The molecule has 5 rings (SSSR count). The summed E-state index contributed by atoms with van der Waals surface area (Å²) >= 11 is 0. The van der Waals surface area contributed by atoms with Gasteiger partial charge in [-0.3, -0.25) is 4.79 Å². The number of carbonyl (C=O) groups is 1. The lowest BCUT2D eigenvalue weighted by atomic mass is 9.33. The Bertz CT molecular complexity index is 952. The van der Waals surface area contributed by atoms with Crippen LogP contribution in [0.25, 0.3) is 0 Å². The lowest BCUT2D eigenvalue weighted by Crippen LogP contribution is -2.68. The van der Waals surface area contributed by atoms with Crippen LogP contribution in [0.5, 0.6) is 0 Å². The Morgan fingerprint density at radius 1 is 0.857 bits per heavy atom. The summed E-state index contributed by atoms with van der Waals surface area (Å²) in [7, 11) is 0. The van der Waals surface area contributed by atoms with Crippen molar-refractivity contribution in [1.29, 1.82) is 0 Å². The standard InChI is InChI=1S/C30H48O5/c1-25(2)12-14-30(24(34)35)15-13-28(6)17(21(30)23(25)33)8-9-20-27(5)16-18(31)22(32)26(3,4)19(27)10-11-29(20,28)7/h8,18-23,31-33H,9-16H2,1-7H3,(H,34,35)/t18-,19?,20?,21?,22-,23+,27+,28-,29-,30+/m1/s1. The normalized spacial score (nSPS) is 54.4. The van der Waals surface area contributed by atoms with Gasteiger partial charge in [-0.1, -0.05) is 60.1 Å². The predicted octanol–water partition coefficient (Wildman–Crippen LogP) is 5.18. The van der Waals surface area contributed by atoms with Crippen molar-refractivity contribution in [3.05, 3.63) is 11.6 Å². The molecule has 0 radical (unpaired) electrons. The van der Waals surface area contributed by atoms with Crippen LogP contribution in [0.3, 0.4) is 0 Å². The molecule has 198 valence electrons. The highest BCUT2D eigenvalue weighted by Gasteiger charge is 2.71. The van der Waals surface area contributed by atoms with Gasteiger partial charge in [-0.05, 0) is 90.3 Å². The molecule has 10 atom stereocenters. The van der Waals surface area contributed by atoms with Crippen LogP contribution in [0, 0.1) is 50.2 Å². The van der Waals surface area contributed by atoms with Crippen LogP contribution >= 0.6 is 0 Å². The second kappa shape index (κ2) is 7.35. The van der Waals surface area contributed by atoms with Gasteiger partial charge in [0, 0.05) is 5.92 Å². The summed E-state index contributed by atoms with van der Waals surface area (Å²) in [4.78, 5) is 12.8. The fraction of sp³-hybridized carbons (Fsp3) is 0.900. The smallest absolute Gasteiger partial charge is 0.310 e. The molecule has 0 aromatic rings. The zero-order chi connectivity index (χ0) is 26.0. The van der Waals surface area contributed by atoms with E-state index in [0.717, 1.165) is 32.1 Å². The van der Waals surface area contributed by atoms with Gasteiger partial charge in [-0.2, -0.15) is 0 Å². The van der Waals surface area contributed by atoms with Gasteiger partial charge in [0.05, 0.1) is 23.7 Å². The Kier molecular flexibility index (Phi) is 5.40. The van der Waals surface area contributed by atoms with Crippen molar-refractivity contribution in [2.75, 3.05) is 0 Å². The molecule has 5 nitrogen and oxygen atoms in total. The van der Waals surface area contributed by atoms with Gasteiger partial charge in [0.15, 0.2) is 0 Å². The molecule has 0 aromatic carbocycles. The van der Waals surface area contributed by atoms with Crippen LogP contribution in [0.4, 0.5) is 0 Å². The van der Waals surface area contributed by atoms with Gasteiger partial charge >= 0.3 is 5.97 Å². The molecule has 0 heterocycles. The molecular formula is C30H48O5. The van der Waals surface area contributed by atoms with Crippen LogP contribution < -0.4 is 0 Å². The molecule has 4 N–H and O–H groups in total. The minimum atomic E-state index is -0.877. The Morgan fingerprint density at radius 3 is 2.11 bits per heavy atom. The summed E-state index contributed by atoms with van der Waals surface area (Å²) in [6.45, 7) is 15.6. The first-order chi connectivity index (χ1) is 16.0. The number of aliphatic hydroxyl groups is 3. The average molecular weight is 489 g/mol. The van der Waals surface area contributed by atoms with E-state index in [2.05, 4.69) is 54.5 Å². The number of aliphatic hydroxyl groups excluding tert-OH is 3. The average Bonchev–Trinajstić information content (AvgIpc) is 2.75. The fourth-order valence-corrected chi connectivity index (χ4v) is 10.7. The van der Waals surface area contributed by atoms with E-state index in [1.165, 1.54) is 5.57 Å². The largest absolute Gasteiger partial charge is 0.481 e. The van der Waals surface area contributed by atoms with Crippen LogP contribution in [-0.4, -0.2) is 44.7 Å². The van der Waals surface area contributed by atoms with Crippen LogP contribution in [-0.2, 0) is 4.79 Å². The van der Waals surface area contributed by atoms with E-state index in [1.54, 1.807) is 0 Å². The number of allylic oxidation sites excluding steroid dienone is 1. The highest BCUT2D eigenvalue weighted by atomic mass is 16.4. The van der Waals surface area contributed by atoms with Crippen LogP contribution in [0.15, 0.2) is 11.6 Å². The molecule has 35 heavy (non-hydrogen) atoms. The molecule has 0 aromatic heterocycles. The number of aliphatic carboxylic acids is 1. The Hall–Kier alpha value is -0.910. The summed E-state index contributed by atoms with van der Waals surface area (Å²) in [5, 5.41) is 44.1. The minimum absolute atomic E-state index is 0.0492. The molecule has 0 aliphatic heterocycles. The second-order valence-corrected chi connectivity index (χ2v) is 15.2. The second-order valence-electron chi connectivity index (χ2n) is 15.2. The number of hydrogen-bond acceptors (Lipinski definition) is 4. The number of rotatable bonds is 1. The number of hydrogen-bond donors (Lipinski definition) is 4. The van der Waals surface area contributed by atoms with Gasteiger partial charge < -0.3 is 20.4 Å². The first kappa shape index (κ1) is 25.7. The third kappa shape index (κ3) is 2.95. The van der Waals surface area contributed by atoms with Crippen molar-refractivity contribution in [1.82, 2.24) is 0 Å². The lowest BCUT2D eigenvalue weighted by molar-refractivity contribution is -0.234. The minimum Gasteiger partial charge on any atom is -0.481 e. The maximum atomic E-state index is 12.8. The van der Waals surface area contributed by atoms with Gasteiger partial charge in [0.25, 0.3) is 0 Å². The van der Waals surface area contributed by atoms with Crippen molar-refractivity contribution in [3.8, 4) is 0 Å². The van der Waals surface area contributed by atoms with Crippen molar-refractivity contribution in [2.45, 2.75) is 118 Å². The maximum Gasteiger partial charge on any atom is 0.310 e. The van der Waals surface area contributed by atoms with E-state index >= 15 is 0 Å². The Labute approximate surface area is 211 Å². The molecule has 0 saturated heterocycles. The first-order valence-electron chi connectivity index (χ1n) is 14.0. The summed E-state index contributed by atoms with van der Waals surface area (Å²) in [6.07, 6.45) is 6.54. The summed E-state index contributed by atoms with van der Waals surface area (Å²) in [6, 6.07) is 0. The molecule has 0 bridgehead atoms. The Balaban J connectivity index is 1.63. The number of fused-ring (bicyclic) bond motifs is 7. The van der Waals surface area contributed by atoms with Gasteiger partial charge in [0.1, 0.15) is 0 Å². The third-order valence-electron chi connectivity index (χ3n) is 13.2. The number of carboxylic acids is 1. The molecule has 4 saturated carbocycles. The molecular weight excluding hydrogens is 440 g/mol. The van der Waals surface area contributed by atoms with E-state index in [-0.39, 0.29) is 33.0 Å². The zero-order valence-electron chi connectivity index (χ0n) is 22.9. The van der Waals surface area contributed by atoms with Crippen molar-refractivity contribution < 1.29 is 25.2 Å². The molecule has 0 spiro atoms. The monoisotopic (exact) mass is 488 g/mol. The highest BCUT2D eigenvalue weighted by Crippen LogP contribution is 2.75. The van der Waals surface area contributed by atoms with Crippen LogP contribution in [0.1, 0.15) is 99.8 Å². The topological polar surface area (TPSA) is 98.0 Å². The van der Waals surface area contributed by atoms with Gasteiger partial charge in [-0.15, -0.1) is 0 Å². The van der Waals surface area contributed by atoms with Crippen molar-refractivity contribution >= 4 is 5.97 Å².